The highest BCUT2D eigenvalue weighted by molar-refractivity contribution is 6.30. The highest BCUT2D eigenvalue weighted by atomic mass is 35.5. The maximum atomic E-state index is 14.1. The van der Waals surface area contributed by atoms with Gasteiger partial charge < -0.3 is 15.4 Å². The number of nitrogens with two attached hydrogens (primary N) is 1. The first kappa shape index (κ1) is 26.7. The van der Waals surface area contributed by atoms with E-state index in [1.807, 2.05) is 0 Å². The molecule has 4 atom stereocenters. The first-order valence-corrected chi connectivity index (χ1v) is 10.8. The zero-order valence-corrected chi connectivity index (χ0v) is 20.5. The molecule has 2 N–H and O–H groups in total. The molecule has 0 radical (unpaired) electrons. The third-order valence-corrected chi connectivity index (χ3v) is 6.69. The molecule has 0 spiro atoms. The normalized spacial score (nSPS) is 22.3. The summed E-state index contributed by atoms with van der Waals surface area (Å²) >= 11 is 5.84. The molecule has 2 unspecified atom stereocenters. The zero-order valence-electron chi connectivity index (χ0n) is 18.1. The van der Waals surface area contributed by atoms with Crippen molar-refractivity contribution in [3.63, 3.8) is 0 Å². The number of benzene rings is 1. The van der Waals surface area contributed by atoms with Crippen molar-refractivity contribution in [2.24, 2.45) is 5.73 Å². The average molecular weight is 505 g/mol. The molecular weight excluding hydrogens is 476 g/mol. The molecule has 1 fully saturated rings. The van der Waals surface area contributed by atoms with Gasteiger partial charge in [0.1, 0.15) is 24.2 Å². The van der Waals surface area contributed by atoms with Crippen LogP contribution in [-0.4, -0.2) is 52.9 Å². The van der Waals surface area contributed by atoms with E-state index < -0.39 is 17.9 Å². The van der Waals surface area contributed by atoms with Crippen molar-refractivity contribution in [1.82, 2.24) is 14.9 Å². The summed E-state index contributed by atoms with van der Waals surface area (Å²) in [7, 11) is 0. The van der Waals surface area contributed by atoms with Crippen LogP contribution in [0.25, 0.3) is 0 Å². The van der Waals surface area contributed by atoms with Gasteiger partial charge in [0, 0.05) is 36.9 Å². The maximum absolute atomic E-state index is 14.1. The number of fused-ring (bicyclic) bond motifs is 1. The van der Waals surface area contributed by atoms with Gasteiger partial charge in [0.05, 0.1) is 17.1 Å². The van der Waals surface area contributed by atoms with Crippen LogP contribution in [0.4, 0.5) is 10.2 Å². The van der Waals surface area contributed by atoms with E-state index >= 15 is 0 Å². The average Bonchev–Trinajstić information content (AvgIpc) is 3.12. The van der Waals surface area contributed by atoms with E-state index in [-0.39, 0.29) is 35.9 Å². The number of aryl methyl sites for hydroxylation is 1. The summed E-state index contributed by atoms with van der Waals surface area (Å²) in [6.45, 7) is 6.49. The molecule has 1 aliphatic carbocycles. The van der Waals surface area contributed by atoms with Crippen molar-refractivity contribution in [2.75, 3.05) is 24.5 Å². The van der Waals surface area contributed by atoms with Crippen LogP contribution in [-0.2, 0) is 11.2 Å². The lowest BCUT2D eigenvalue weighted by atomic mass is 9.96. The van der Waals surface area contributed by atoms with Gasteiger partial charge in [-0.3, -0.25) is 4.90 Å². The monoisotopic (exact) mass is 503 g/mol. The number of rotatable bonds is 5. The molecule has 32 heavy (non-hydrogen) atoms. The largest absolute Gasteiger partial charge is 0.351 e. The predicted octanol–water partition coefficient (Wildman–Crippen LogP) is 3.94. The summed E-state index contributed by atoms with van der Waals surface area (Å²) in [6.07, 6.45) is 4.49. The number of anilines is 1. The molecule has 2 heterocycles. The van der Waals surface area contributed by atoms with Gasteiger partial charge in [-0.2, -0.15) is 0 Å². The van der Waals surface area contributed by atoms with Gasteiger partial charge in [0.15, 0.2) is 0 Å². The smallest absolute Gasteiger partial charge is 0.142 e. The quantitative estimate of drug-likeness (QED) is 0.622. The molecule has 1 aliphatic heterocycles. The molecule has 4 rings (SSSR count). The van der Waals surface area contributed by atoms with Gasteiger partial charge in [-0.25, -0.2) is 14.4 Å². The summed E-state index contributed by atoms with van der Waals surface area (Å²) in [5.41, 5.74) is 9.23. The van der Waals surface area contributed by atoms with E-state index in [0.29, 0.717) is 24.6 Å². The Labute approximate surface area is 205 Å². The Hall–Kier alpha value is -1.51. The van der Waals surface area contributed by atoms with E-state index in [1.165, 1.54) is 17.7 Å². The Morgan fingerprint density at radius 2 is 2.00 bits per heavy atom. The van der Waals surface area contributed by atoms with Crippen molar-refractivity contribution in [3.8, 4) is 0 Å². The van der Waals surface area contributed by atoms with Crippen LogP contribution in [0.1, 0.15) is 49.0 Å². The number of carbonyl (C=O) groups is 1. The minimum Gasteiger partial charge on any atom is -0.351 e. The minimum absolute atomic E-state index is 0. The molecule has 2 aromatic rings. The molecule has 10 heteroatoms. The minimum atomic E-state index is -0.757. The summed E-state index contributed by atoms with van der Waals surface area (Å²) in [4.78, 5) is 25.1. The molecule has 0 saturated carbocycles. The molecular formula is C22H29Cl3FN5O. The third-order valence-electron chi connectivity index (χ3n) is 6.38. The summed E-state index contributed by atoms with van der Waals surface area (Å²) < 4.78 is 14.1. The van der Waals surface area contributed by atoms with Crippen LogP contribution in [0, 0.1) is 5.82 Å². The van der Waals surface area contributed by atoms with Crippen molar-refractivity contribution in [2.45, 2.75) is 50.7 Å². The molecule has 0 amide bonds. The van der Waals surface area contributed by atoms with E-state index in [2.05, 4.69) is 33.6 Å². The molecule has 1 aromatic heterocycles. The van der Waals surface area contributed by atoms with E-state index in [9.17, 15) is 9.18 Å². The molecule has 0 bridgehead atoms. The number of aldehydes is 1. The van der Waals surface area contributed by atoms with Gasteiger partial charge in [-0.05, 0) is 43.4 Å². The van der Waals surface area contributed by atoms with Crippen LogP contribution >= 0.6 is 36.4 Å². The summed E-state index contributed by atoms with van der Waals surface area (Å²) in [6, 6.07) is 3.63. The van der Waals surface area contributed by atoms with Gasteiger partial charge in [0.25, 0.3) is 0 Å². The fourth-order valence-corrected chi connectivity index (χ4v) is 4.97. The highest BCUT2D eigenvalue weighted by Crippen LogP contribution is 2.38. The molecule has 6 nitrogen and oxygen atoms in total. The van der Waals surface area contributed by atoms with E-state index in [1.54, 1.807) is 12.4 Å². The second kappa shape index (κ2) is 11.1. The number of hydrogen-bond donors (Lipinski definition) is 1. The Kier molecular flexibility index (Phi) is 9.25. The lowest BCUT2D eigenvalue weighted by Crippen LogP contribution is -2.56. The first-order valence-electron chi connectivity index (χ1n) is 10.4. The van der Waals surface area contributed by atoms with Gasteiger partial charge in [-0.1, -0.05) is 24.6 Å². The Bertz CT molecular complexity index is 950. The molecule has 1 aromatic carbocycles. The molecule has 1 saturated heterocycles. The van der Waals surface area contributed by atoms with Crippen LogP contribution in [0.3, 0.4) is 0 Å². The van der Waals surface area contributed by atoms with Crippen LogP contribution < -0.4 is 10.6 Å². The Morgan fingerprint density at radius 3 is 2.66 bits per heavy atom. The first-order chi connectivity index (χ1) is 14.4. The number of hydrogen-bond acceptors (Lipinski definition) is 6. The highest BCUT2D eigenvalue weighted by Gasteiger charge is 2.35. The van der Waals surface area contributed by atoms with Crippen LogP contribution in [0.15, 0.2) is 24.5 Å². The molecule has 2 aliphatic rings. The van der Waals surface area contributed by atoms with Crippen molar-refractivity contribution >= 4 is 48.5 Å². The van der Waals surface area contributed by atoms with E-state index in [4.69, 9.17) is 17.3 Å². The van der Waals surface area contributed by atoms with E-state index in [0.717, 1.165) is 37.2 Å². The second-order valence-corrected chi connectivity index (χ2v) is 8.77. The lowest BCUT2D eigenvalue weighted by Gasteiger charge is -2.45. The topological polar surface area (TPSA) is 75.3 Å². The summed E-state index contributed by atoms with van der Waals surface area (Å²) in [5.74, 6) is 0.968. The van der Waals surface area contributed by atoms with Gasteiger partial charge in [-0.15, -0.1) is 24.8 Å². The number of halogens is 4. The Morgan fingerprint density at radius 1 is 1.25 bits per heavy atom. The van der Waals surface area contributed by atoms with Crippen LogP contribution in [0.5, 0.6) is 0 Å². The van der Waals surface area contributed by atoms with Crippen molar-refractivity contribution in [1.29, 1.82) is 0 Å². The van der Waals surface area contributed by atoms with Gasteiger partial charge in [0.2, 0.25) is 0 Å². The third kappa shape index (κ3) is 5.02. The number of piperazine rings is 1. The Balaban J connectivity index is 0.00000181. The number of aromatic nitrogens is 2. The molecule has 176 valence electrons. The zero-order chi connectivity index (χ0) is 21.4. The van der Waals surface area contributed by atoms with Gasteiger partial charge >= 0.3 is 0 Å². The number of nitrogens with zero attached hydrogens (tertiary/aromatic N) is 4. The number of carbonyl (C=O) groups excluding carboxylic acids is 1. The fourth-order valence-electron chi connectivity index (χ4n) is 4.85. The second-order valence-electron chi connectivity index (χ2n) is 8.37. The standard InChI is InChI=1S/C22H27ClFN5O.2ClH/c1-13-3-6-19-20(13)22(27-12-26-19)29-8-7-28(10-14(29)2)21(18(25)11-30)15-4-5-16(23)17(24)9-15;;/h4-5,9,11-14,18,21H,3,6-8,10,25H2,1-2H3;2*1H/t13-,14+,18?,21?;;/m1../s1. The predicted molar refractivity (Wildman–Crippen MR) is 130 cm³/mol. The van der Waals surface area contributed by atoms with Crippen molar-refractivity contribution < 1.29 is 9.18 Å². The summed E-state index contributed by atoms with van der Waals surface area (Å²) in [5, 5.41) is 0.0575. The SMILES string of the molecule is C[C@@H]1CCc2ncnc(N3CCN(C(c4ccc(Cl)c(F)c4)C(N)C=O)C[C@@H]3C)c21.Cl.Cl. The lowest BCUT2D eigenvalue weighted by molar-refractivity contribution is -0.110. The maximum Gasteiger partial charge on any atom is 0.142 e. The fraction of sp³-hybridized carbons (Fsp3) is 0.500. The van der Waals surface area contributed by atoms with Crippen LogP contribution in [0.2, 0.25) is 5.02 Å². The van der Waals surface area contributed by atoms with Crippen molar-refractivity contribution in [3.05, 3.63) is 52.2 Å².